The number of anilines is 1. The molecule has 2 aromatic rings. The first-order chi connectivity index (χ1) is 23.1. The number of ether oxygens (including phenoxy) is 2. The molecule has 0 aliphatic rings. The second-order valence-electron chi connectivity index (χ2n) is 15.2. The van der Waals surface area contributed by atoms with Gasteiger partial charge in [-0.05, 0) is 72.4 Å². The molecule has 0 fully saturated rings. The van der Waals surface area contributed by atoms with Gasteiger partial charge in [0.25, 0.3) is 10.0 Å². The van der Waals surface area contributed by atoms with E-state index in [1.807, 2.05) is 13.0 Å². The molecule has 2 rings (SSSR count). The number of sulfonamides is 2. The second kappa shape index (κ2) is 20.5. The van der Waals surface area contributed by atoms with Crippen molar-refractivity contribution >= 4 is 25.7 Å². The third-order valence-corrected chi connectivity index (χ3v) is 11.4. The fourth-order valence-electron chi connectivity index (χ4n) is 6.24. The summed E-state index contributed by atoms with van der Waals surface area (Å²) < 4.78 is 72.4. The lowest BCUT2D eigenvalue weighted by Crippen LogP contribution is -2.26. The molecule has 280 valence electrons. The van der Waals surface area contributed by atoms with E-state index in [2.05, 4.69) is 57.9 Å². The first-order valence-corrected chi connectivity index (χ1v) is 21.6. The summed E-state index contributed by atoms with van der Waals surface area (Å²) in [6.07, 6.45) is 14.5. The minimum absolute atomic E-state index is 0.0281. The monoisotopic (exact) mass is 722 g/mol. The molecular weight excluding hydrogens is 657 g/mol. The zero-order valence-electron chi connectivity index (χ0n) is 31.8. The van der Waals surface area contributed by atoms with Gasteiger partial charge in [0.2, 0.25) is 10.0 Å². The normalized spacial score (nSPS) is 12.7. The molecule has 0 saturated heterocycles. The van der Waals surface area contributed by atoms with Gasteiger partial charge in [-0.3, -0.25) is 4.72 Å². The topological polar surface area (TPSA) is 111 Å². The number of benzene rings is 2. The van der Waals surface area contributed by atoms with Crippen molar-refractivity contribution in [2.75, 3.05) is 24.5 Å². The van der Waals surface area contributed by atoms with Gasteiger partial charge in [-0.15, -0.1) is 0 Å². The van der Waals surface area contributed by atoms with E-state index >= 15 is 0 Å². The number of unbranched alkanes of at least 4 members (excludes halogenated alkanes) is 10. The molecule has 0 aliphatic heterocycles. The third-order valence-electron chi connectivity index (χ3n) is 8.53. The first-order valence-electron chi connectivity index (χ1n) is 18.6. The van der Waals surface area contributed by atoms with Gasteiger partial charge in [0.1, 0.15) is 21.3 Å². The summed E-state index contributed by atoms with van der Waals surface area (Å²) in [5.74, 6) is 0.488. The average molecular weight is 723 g/mol. The summed E-state index contributed by atoms with van der Waals surface area (Å²) in [6.45, 7) is 18.1. The zero-order valence-corrected chi connectivity index (χ0v) is 33.4. The van der Waals surface area contributed by atoms with E-state index in [-0.39, 0.29) is 44.4 Å². The Morgan fingerprint density at radius 2 is 1.08 bits per heavy atom. The average Bonchev–Trinajstić information content (AvgIpc) is 3.02. The highest BCUT2D eigenvalue weighted by atomic mass is 32.2. The second-order valence-corrected chi connectivity index (χ2v) is 18.6. The first kappa shape index (κ1) is 42.9. The van der Waals surface area contributed by atoms with Crippen molar-refractivity contribution in [1.82, 2.24) is 4.72 Å². The lowest BCUT2D eigenvalue weighted by molar-refractivity contribution is 0.281. The van der Waals surface area contributed by atoms with E-state index in [1.54, 1.807) is 18.2 Å². The number of rotatable bonds is 25. The highest BCUT2D eigenvalue weighted by Crippen LogP contribution is 2.39. The van der Waals surface area contributed by atoms with Crippen LogP contribution in [0.2, 0.25) is 0 Å². The van der Waals surface area contributed by atoms with Crippen LogP contribution >= 0.6 is 0 Å². The van der Waals surface area contributed by atoms with Gasteiger partial charge in [0, 0.05) is 6.54 Å². The predicted octanol–water partition coefficient (Wildman–Crippen LogP) is 10.4. The Morgan fingerprint density at radius 3 is 1.59 bits per heavy atom. The Labute approximate surface area is 299 Å². The minimum atomic E-state index is -4.18. The van der Waals surface area contributed by atoms with Crippen LogP contribution in [0.4, 0.5) is 5.69 Å². The van der Waals surface area contributed by atoms with Crippen molar-refractivity contribution in [3.05, 3.63) is 42.0 Å². The van der Waals surface area contributed by atoms with Gasteiger partial charge in [0.05, 0.1) is 18.9 Å². The highest BCUT2D eigenvalue weighted by molar-refractivity contribution is 7.92. The molecule has 8 nitrogen and oxygen atoms in total. The largest absolute Gasteiger partial charge is 0.492 e. The SMILES string of the molecule is CCCCCCCCOc1ccc(NS(=O)(=O)c2cc(C(C)(C)CC(C)(C)C)ccc2OCCCCCCCC)cc1S(=O)(=O)NCCC. The Bertz CT molecular complexity index is 1480. The maximum Gasteiger partial charge on any atom is 0.265 e. The summed E-state index contributed by atoms with van der Waals surface area (Å²) >= 11 is 0. The van der Waals surface area contributed by atoms with Crippen molar-refractivity contribution in [3.8, 4) is 11.5 Å². The summed E-state index contributed by atoms with van der Waals surface area (Å²) in [5, 5.41) is 0. The van der Waals surface area contributed by atoms with E-state index in [4.69, 9.17) is 9.47 Å². The van der Waals surface area contributed by atoms with E-state index in [1.165, 1.54) is 50.7 Å². The Balaban J connectivity index is 2.43. The van der Waals surface area contributed by atoms with E-state index < -0.39 is 20.0 Å². The van der Waals surface area contributed by atoms with Crippen LogP contribution in [-0.4, -0.2) is 36.6 Å². The number of hydrogen-bond donors (Lipinski definition) is 2. The summed E-state index contributed by atoms with van der Waals surface area (Å²) in [5.41, 5.74) is 0.743. The van der Waals surface area contributed by atoms with Crippen LogP contribution in [0.1, 0.15) is 151 Å². The third kappa shape index (κ3) is 15.2. The van der Waals surface area contributed by atoms with Crippen molar-refractivity contribution in [2.24, 2.45) is 5.41 Å². The van der Waals surface area contributed by atoms with E-state index in [0.717, 1.165) is 50.5 Å². The van der Waals surface area contributed by atoms with Crippen LogP contribution in [0.15, 0.2) is 46.2 Å². The van der Waals surface area contributed by atoms with Crippen LogP contribution in [0.25, 0.3) is 0 Å². The van der Waals surface area contributed by atoms with Gasteiger partial charge in [0.15, 0.2) is 0 Å². The van der Waals surface area contributed by atoms with Crippen LogP contribution < -0.4 is 18.9 Å². The molecular formula is C39H66N2O6S2. The lowest BCUT2D eigenvalue weighted by atomic mass is 9.72. The van der Waals surface area contributed by atoms with Gasteiger partial charge in [-0.2, -0.15) is 0 Å². The molecule has 0 radical (unpaired) electrons. The molecule has 0 aromatic heterocycles. The Hall–Kier alpha value is -2.30. The van der Waals surface area contributed by atoms with Crippen LogP contribution in [-0.2, 0) is 25.5 Å². The molecule has 0 spiro atoms. The van der Waals surface area contributed by atoms with Crippen LogP contribution in [0, 0.1) is 5.41 Å². The van der Waals surface area contributed by atoms with Gasteiger partial charge < -0.3 is 9.47 Å². The van der Waals surface area contributed by atoms with Crippen molar-refractivity contribution in [2.45, 2.75) is 160 Å². The molecule has 0 bridgehead atoms. The quantitative estimate of drug-likeness (QED) is 0.0987. The van der Waals surface area contributed by atoms with Gasteiger partial charge in [-0.1, -0.05) is 126 Å². The van der Waals surface area contributed by atoms with E-state index in [9.17, 15) is 16.8 Å². The standard InChI is InChI=1S/C39H66N2O6S2/c1-9-12-14-16-18-20-27-46-34-24-22-32(39(7,8)31-38(4,5)6)29-36(34)49(44,45)41-33-23-25-35(47-28-21-19-17-15-13-10-2)37(30-33)48(42,43)40-26-11-3/h22-25,29-30,40-41H,9-21,26-28,31H2,1-8H3. The molecule has 0 aliphatic carbocycles. The molecule has 0 unspecified atom stereocenters. The van der Waals surface area contributed by atoms with Crippen molar-refractivity contribution < 1.29 is 26.3 Å². The molecule has 10 heteroatoms. The molecule has 49 heavy (non-hydrogen) atoms. The Morgan fingerprint density at radius 1 is 0.592 bits per heavy atom. The molecule has 2 aromatic carbocycles. The molecule has 0 atom stereocenters. The van der Waals surface area contributed by atoms with Crippen LogP contribution in [0.5, 0.6) is 11.5 Å². The van der Waals surface area contributed by atoms with Gasteiger partial charge in [-0.25, -0.2) is 21.6 Å². The molecule has 2 N–H and O–H groups in total. The highest BCUT2D eigenvalue weighted by Gasteiger charge is 2.30. The van der Waals surface area contributed by atoms with Crippen molar-refractivity contribution in [1.29, 1.82) is 0 Å². The van der Waals surface area contributed by atoms with Gasteiger partial charge >= 0.3 is 0 Å². The molecule has 0 saturated carbocycles. The maximum absolute atomic E-state index is 14.1. The molecule has 0 heterocycles. The summed E-state index contributed by atoms with van der Waals surface area (Å²) in [7, 11) is -8.14. The van der Waals surface area contributed by atoms with E-state index in [0.29, 0.717) is 19.6 Å². The number of hydrogen-bond acceptors (Lipinski definition) is 6. The fourth-order valence-corrected chi connectivity index (χ4v) is 8.76. The molecule has 0 amide bonds. The summed E-state index contributed by atoms with van der Waals surface area (Å²) in [6, 6.07) is 9.86. The fraction of sp³-hybridized carbons (Fsp3) is 0.692. The Kier molecular flexibility index (Phi) is 18.0. The number of nitrogens with one attached hydrogen (secondary N) is 2. The van der Waals surface area contributed by atoms with Crippen LogP contribution in [0.3, 0.4) is 0 Å². The van der Waals surface area contributed by atoms with Crippen molar-refractivity contribution in [3.63, 3.8) is 0 Å². The zero-order chi connectivity index (χ0) is 36.6. The minimum Gasteiger partial charge on any atom is -0.492 e. The smallest absolute Gasteiger partial charge is 0.265 e. The lowest BCUT2D eigenvalue weighted by Gasteiger charge is -2.33. The maximum atomic E-state index is 14.1. The predicted molar refractivity (Wildman–Crippen MR) is 204 cm³/mol. The summed E-state index contributed by atoms with van der Waals surface area (Å²) in [4.78, 5) is -0.0541.